The van der Waals surface area contributed by atoms with Crippen molar-refractivity contribution >= 4 is 7.44 Å². The second kappa shape index (κ2) is 7.70. The molecule has 22 heteroatoms. The fourth-order valence-electron chi connectivity index (χ4n) is 2.69. The van der Waals surface area contributed by atoms with E-state index >= 15 is 0 Å². The first-order valence-electron chi connectivity index (χ1n) is 8.58. The van der Waals surface area contributed by atoms with Crippen LogP contribution in [-0.2, 0) is 4.57 Å². The maximum Gasteiger partial charge on any atom is 0.460 e. The van der Waals surface area contributed by atoms with Crippen LogP contribution in [0.2, 0.25) is 0 Å². The van der Waals surface area contributed by atoms with Gasteiger partial charge < -0.3 is 0 Å². The molecule has 0 radical (unpaired) electrons. The van der Waals surface area contributed by atoms with Gasteiger partial charge in [0.15, 0.2) is 0 Å². The van der Waals surface area contributed by atoms with Gasteiger partial charge in [-0.1, -0.05) is 0 Å². The van der Waals surface area contributed by atoms with Crippen molar-refractivity contribution in [1.82, 2.24) is 9.34 Å². The van der Waals surface area contributed by atoms with Crippen LogP contribution in [-0.4, -0.2) is 89.1 Å². The molecule has 0 amide bonds. The molecule has 35 heavy (non-hydrogen) atoms. The molecular weight excluding hydrogens is 573 g/mol. The van der Waals surface area contributed by atoms with Crippen LogP contribution in [0.4, 0.5) is 79.0 Å². The molecule has 2 heterocycles. The first kappa shape index (κ1) is 30.1. The zero-order valence-electron chi connectivity index (χ0n) is 16.0. The monoisotopic (exact) mass is 582 g/mol. The molecule has 0 aliphatic carbocycles. The lowest BCUT2D eigenvalue weighted by molar-refractivity contribution is -0.456. The van der Waals surface area contributed by atoms with E-state index in [1.165, 1.54) is 0 Å². The Labute approximate surface area is 181 Å². The third-order valence-electron chi connectivity index (χ3n) is 4.98. The van der Waals surface area contributed by atoms with Gasteiger partial charge in [0.05, 0.1) is 0 Å². The average Bonchev–Trinajstić information content (AvgIpc) is 3.56. The fraction of sp³-hybridized carbons (Fsp3) is 1.00. The van der Waals surface area contributed by atoms with Crippen molar-refractivity contribution < 1.29 is 83.6 Å². The summed E-state index contributed by atoms with van der Waals surface area (Å²) in [5.41, 5.74) is -6.27. The molecule has 0 aromatic rings. The minimum atomic E-state index is -8.75. The van der Waals surface area contributed by atoms with E-state index < -0.39 is 87.2 Å². The second-order valence-electron chi connectivity index (χ2n) is 7.39. The van der Waals surface area contributed by atoms with Gasteiger partial charge in [-0.25, -0.2) is 13.7 Å². The van der Waals surface area contributed by atoms with Crippen LogP contribution < -0.4 is 0 Å². The summed E-state index contributed by atoms with van der Waals surface area (Å²) in [4.78, 5) is 0. The molecule has 2 rings (SSSR count). The number of alkyl halides is 18. The first-order valence-corrected chi connectivity index (χ1v) is 10.2. The highest BCUT2D eigenvalue weighted by atomic mass is 31.2. The Bertz CT molecular complexity index is 860. The lowest BCUT2D eigenvalue weighted by Gasteiger charge is -2.43. The fourth-order valence-corrected chi connectivity index (χ4v) is 5.52. The maximum absolute atomic E-state index is 14.4. The molecule has 2 aliphatic heterocycles. The van der Waals surface area contributed by atoms with Crippen LogP contribution in [0.15, 0.2) is 0 Å². The number of halogens is 18. The van der Waals surface area contributed by atoms with E-state index in [1.807, 2.05) is 0 Å². The highest BCUT2D eigenvalue weighted by molar-refractivity contribution is 7.61. The third-order valence-corrected chi connectivity index (χ3v) is 8.31. The maximum atomic E-state index is 14.4. The van der Waals surface area contributed by atoms with Crippen molar-refractivity contribution in [2.75, 3.05) is 26.2 Å². The Morgan fingerprint density at radius 3 is 1.09 bits per heavy atom. The Morgan fingerprint density at radius 1 is 0.514 bits per heavy atom. The number of nitrogens with zero attached hydrogens (tertiary/aromatic N) is 2. The van der Waals surface area contributed by atoms with Gasteiger partial charge in [0.25, 0.3) is 7.44 Å². The van der Waals surface area contributed by atoms with Crippen LogP contribution in [0, 0.1) is 0 Å². The van der Waals surface area contributed by atoms with E-state index in [1.54, 1.807) is 0 Å². The summed E-state index contributed by atoms with van der Waals surface area (Å²) in [5, 5.41) is 0. The average molecular weight is 582 g/mol. The van der Waals surface area contributed by atoms with Crippen molar-refractivity contribution in [3.63, 3.8) is 0 Å². The molecule has 208 valence electrons. The summed E-state index contributed by atoms with van der Waals surface area (Å²) in [5.74, 6) is -50.7. The predicted octanol–water partition coefficient (Wildman–Crippen LogP) is 6.12. The van der Waals surface area contributed by atoms with Crippen LogP contribution in [0.1, 0.15) is 0 Å². The standard InChI is InChI=1S/C13H9F18N2OP/c14-5(7(17,18)35(34,32-1-2-32)33-3-4-33)6(15,16)8(19,20)9(21,22)10(23,24)11(25,26)12(27,28)13(29,30)31/h5H,1-4H2. The van der Waals surface area contributed by atoms with E-state index in [0.717, 1.165) is 0 Å². The summed E-state index contributed by atoms with van der Waals surface area (Å²) in [6.45, 7) is -2.59. The second-order valence-corrected chi connectivity index (χ2v) is 10.2. The lowest BCUT2D eigenvalue weighted by Crippen LogP contribution is -2.74. The first-order chi connectivity index (χ1) is 15.1. The molecule has 1 unspecified atom stereocenters. The molecular formula is C13H9F18N2OP. The minimum Gasteiger partial charge on any atom is -0.282 e. The quantitative estimate of drug-likeness (QED) is 0.176. The van der Waals surface area contributed by atoms with E-state index in [9.17, 15) is 83.6 Å². The summed E-state index contributed by atoms with van der Waals surface area (Å²) in [6, 6.07) is 0. The van der Waals surface area contributed by atoms with Crippen molar-refractivity contribution in [1.29, 1.82) is 0 Å². The summed E-state index contributed by atoms with van der Waals surface area (Å²) in [6.07, 6.45) is -13.9. The van der Waals surface area contributed by atoms with Crippen LogP contribution in [0.25, 0.3) is 0 Å². The third kappa shape index (κ3) is 3.72. The van der Waals surface area contributed by atoms with E-state index in [4.69, 9.17) is 0 Å². The van der Waals surface area contributed by atoms with Gasteiger partial charge in [0.2, 0.25) is 6.17 Å². The molecule has 0 bridgehead atoms. The van der Waals surface area contributed by atoms with Gasteiger partial charge in [-0.3, -0.25) is 4.57 Å². The molecule has 0 N–H and O–H groups in total. The smallest absolute Gasteiger partial charge is 0.282 e. The Hall–Kier alpha value is -1.11. The summed E-state index contributed by atoms with van der Waals surface area (Å²) >= 11 is 0. The minimum absolute atomic E-state index is 0.0333. The zero-order valence-corrected chi connectivity index (χ0v) is 16.9. The predicted molar refractivity (Wildman–Crippen MR) is 76.3 cm³/mol. The highest BCUT2D eigenvalue weighted by Gasteiger charge is 2.95. The molecule has 0 aromatic heterocycles. The summed E-state index contributed by atoms with van der Waals surface area (Å²) in [7, 11) is -5.94. The molecule has 0 aromatic carbocycles. The van der Waals surface area contributed by atoms with Crippen LogP contribution in [0.3, 0.4) is 0 Å². The van der Waals surface area contributed by atoms with Crippen LogP contribution in [0.5, 0.6) is 0 Å². The van der Waals surface area contributed by atoms with Crippen molar-refractivity contribution in [2.24, 2.45) is 0 Å². The van der Waals surface area contributed by atoms with Gasteiger partial charge >= 0.3 is 47.4 Å². The Kier molecular flexibility index (Phi) is 6.63. The molecule has 0 saturated carbocycles. The molecule has 0 spiro atoms. The number of rotatable bonds is 10. The van der Waals surface area contributed by atoms with Crippen LogP contribution >= 0.6 is 7.44 Å². The van der Waals surface area contributed by atoms with Gasteiger partial charge in [-0.2, -0.15) is 74.6 Å². The largest absolute Gasteiger partial charge is 0.460 e. The van der Waals surface area contributed by atoms with E-state index in [2.05, 4.69) is 0 Å². The molecule has 2 aliphatic rings. The van der Waals surface area contributed by atoms with Gasteiger partial charge in [-0.05, 0) is 0 Å². The number of hydrogen-bond acceptors (Lipinski definition) is 1. The van der Waals surface area contributed by atoms with E-state index in [0.29, 0.717) is 0 Å². The molecule has 1 atom stereocenters. The van der Waals surface area contributed by atoms with Crippen molar-refractivity contribution in [3.05, 3.63) is 0 Å². The van der Waals surface area contributed by atoms with Gasteiger partial charge in [0.1, 0.15) is 0 Å². The topological polar surface area (TPSA) is 23.1 Å². The number of hydrogen-bond donors (Lipinski definition) is 0. The highest BCUT2D eigenvalue weighted by Crippen LogP contribution is 2.73. The van der Waals surface area contributed by atoms with Crippen molar-refractivity contribution in [3.8, 4) is 0 Å². The molecule has 3 nitrogen and oxygen atoms in total. The normalized spacial score (nSPS) is 21.3. The van der Waals surface area contributed by atoms with Gasteiger partial charge in [-0.15, -0.1) is 0 Å². The Morgan fingerprint density at radius 2 is 0.800 bits per heavy atom. The van der Waals surface area contributed by atoms with Crippen molar-refractivity contribution in [2.45, 2.75) is 53.5 Å². The molecule has 2 saturated heterocycles. The Balaban J connectivity index is 2.58. The zero-order chi connectivity index (χ0) is 28.1. The molecule has 2 fully saturated rings. The van der Waals surface area contributed by atoms with Gasteiger partial charge in [0, 0.05) is 26.2 Å². The summed E-state index contributed by atoms with van der Waals surface area (Å²) < 4.78 is 253. The lowest BCUT2D eigenvalue weighted by atomic mass is 9.89. The van der Waals surface area contributed by atoms with E-state index in [-0.39, 0.29) is 9.34 Å². The SMILES string of the molecule is O=P(N1CC1)(N1CC1)C(F)(F)C(F)C(F)(F)C(F)(F)C(F)(F)C(F)(F)C(F)(F)C(F)(F)C(F)(F)F.